The van der Waals surface area contributed by atoms with Crippen LogP contribution in [0.15, 0.2) is 47.3 Å². The average molecular weight is 483 g/mol. The summed E-state index contributed by atoms with van der Waals surface area (Å²) in [5.41, 5.74) is 0.850. The first-order valence-corrected chi connectivity index (χ1v) is 11.3. The standard InChI is InChI=1S/C25H30N4O6/c1-17-10-11-19(16-22(17)29(32)33)24(30)27(12-7-14-34-3)18(2)23-26-21-9-6-5-8-20(21)25(31)28(23)13-15-35-4/h5-6,8-11,16,18H,7,12-15H2,1-4H3. The van der Waals surface area contributed by atoms with E-state index in [-0.39, 0.29) is 23.4 Å². The second-order valence-electron chi connectivity index (χ2n) is 8.22. The Bertz CT molecular complexity index is 1270. The molecular formula is C25H30N4O6. The summed E-state index contributed by atoms with van der Waals surface area (Å²) in [6, 6.07) is 10.9. The number of carbonyl (C=O) groups is 1. The van der Waals surface area contributed by atoms with Crippen LogP contribution in [0.4, 0.5) is 5.69 Å². The first-order chi connectivity index (χ1) is 16.8. The number of ether oxygens (including phenoxy) is 2. The number of benzene rings is 2. The summed E-state index contributed by atoms with van der Waals surface area (Å²) in [5.74, 6) is 0.0236. The molecule has 0 saturated heterocycles. The van der Waals surface area contributed by atoms with Gasteiger partial charge in [0.2, 0.25) is 0 Å². The highest BCUT2D eigenvalue weighted by Gasteiger charge is 2.28. The number of rotatable bonds is 11. The number of hydrogen-bond donors (Lipinski definition) is 0. The second-order valence-corrected chi connectivity index (χ2v) is 8.22. The summed E-state index contributed by atoms with van der Waals surface area (Å²) in [6.07, 6.45) is 0.538. The molecule has 1 amide bonds. The highest BCUT2D eigenvalue weighted by atomic mass is 16.6. The van der Waals surface area contributed by atoms with Crippen molar-refractivity contribution in [3.05, 3.63) is 79.9 Å². The van der Waals surface area contributed by atoms with Crippen LogP contribution in [0.25, 0.3) is 10.9 Å². The Morgan fingerprint density at radius 1 is 1.17 bits per heavy atom. The largest absolute Gasteiger partial charge is 0.385 e. The third-order valence-corrected chi connectivity index (χ3v) is 5.91. The molecule has 0 radical (unpaired) electrons. The summed E-state index contributed by atoms with van der Waals surface area (Å²) < 4.78 is 11.9. The van der Waals surface area contributed by atoms with Gasteiger partial charge in [-0.05, 0) is 38.5 Å². The molecule has 0 aliphatic heterocycles. The zero-order chi connectivity index (χ0) is 25.5. The topological polar surface area (TPSA) is 117 Å². The van der Waals surface area contributed by atoms with E-state index in [0.29, 0.717) is 48.5 Å². The maximum Gasteiger partial charge on any atom is 0.273 e. The Hall–Kier alpha value is -3.63. The van der Waals surface area contributed by atoms with E-state index in [4.69, 9.17) is 14.5 Å². The molecule has 0 spiro atoms. The van der Waals surface area contributed by atoms with Gasteiger partial charge < -0.3 is 14.4 Å². The van der Waals surface area contributed by atoms with Crippen LogP contribution in [0, 0.1) is 17.0 Å². The van der Waals surface area contributed by atoms with Crippen molar-refractivity contribution in [3.8, 4) is 0 Å². The third-order valence-electron chi connectivity index (χ3n) is 5.91. The Balaban J connectivity index is 2.11. The molecule has 1 heterocycles. The molecule has 0 bridgehead atoms. The van der Waals surface area contributed by atoms with Crippen molar-refractivity contribution in [2.24, 2.45) is 0 Å². The van der Waals surface area contributed by atoms with Gasteiger partial charge in [-0.25, -0.2) is 4.98 Å². The van der Waals surface area contributed by atoms with E-state index in [9.17, 15) is 19.7 Å². The normalized spacial score (nSPS) is 12.0. The number of para-hydroxylation sites is 1. The van der Waals surface area contributed by atoms with E-state index in [2.05, 4.69) is 0 Å². The van der Waals surface area contributed by atoms with Gasteiger partial charge in [-0.3, -0.25) is 24.3 Å². The Morgan fingerprint density at radius 3 is 2.57 bits per heavy atom. The summed E-state index contributed by atoms with van der Waals surface area (Å²) in [4.78, 5) is 44.2. The SMILES string of the molecule is COCCCN(C(=O)c1ccc(C)c([N+](=O)[O-])c1)C(C)c1nc2ccccc2c(=O)n1CCOC. The van der Waals surface area contributed by atoms with Crippen molar-refractivity contribution < 1.29 is 19.2 Å². The van der Waals surface area contributed by atoms with Crippen LogP contribution in [0.2, 0.25) is 0 Å². The lowest BCUT2D eigenvalue weighted by molar-refractivity contribution is -0.385. The smallest absolute Gasteiger partial charge is 0.273 e. The van der Waals surface area contributed by atoms with Gasteiger partial charge in [-0.15, -0.1) is 0 Å². The first-order valence-electron chi connectivity index (χ1n) is 11.3. The lowest BCUT2D eigenvalue weighted by Gasteiger charge is -2.30. The number of methoxy groups -OCH3 is 2. The van der Waals surface area contributed by atoms with E-state index < -0.39 is 16.9 Å². The number of amides is 1. The fourth-order valence-corrected chi connectivity index (χ4v) is 4.00. The average Bonchev–Trinajstić information content (AvgIpc) is 2.85. The van der Waals surface area contributed by atoms with Gasteiger partial charge in [-0.1, -0.05) is 18.2 Å². The van der Waals surface area contributed by atoms with E-state index in [1.807, 2.05) is 0 Å². The summed E-state index contributed by atoms with van der Waals surface area (Å²) >= 11 is 0. The Morgan fingerprint density at radius 2 is 1.89 bits per heavy atom. The number of hydrogen-bond acceptors (Lipinski definition) is 7. The van der Waals surface area contributed by atoms with Crippen LogP contribution in [-0.4, -0.2) is 59.3 Å². The summed E-state index contributed by atoms with van der Waals surface area (Å²) in [6.45, 7) is 4.71. The monoisotopic (exact) mass is 482 g/mol. The molecule has 186 valence electrons. The highest BCUT2D eigenvalue weighted by Crippen LogP contribution is 2.25. The van der Waals surface area contributed by atoms with Gasteiger partial charge in [0.1, 0.15) is 5.82 Å². The quantitative estimate of drug-likeness (QED) is 0.233. The number of nitro groups is 1. The first kappa shape index (κ1) is 26.0. The fourth-order valence-electron chi connectivity index (χ4n) is 4.00. The number of carbonyl (C=O) groups excluding carboxylic acids is 1. The van der Waals surface area contributed by atoms with Crippen LogP contribution < -0.4 is 5.56 Å². The summed E-state index contributed by atoms with van der Waals surface area (Å²) in [7, 11) is 3.12. The van der Waals surface area contributed by atoms with Crippen LogP contribution in [0.5, 0.6) is 0 Å². The number of nitro benzene ring substituents is 1. The minimum absolute atomic E-state index is 0.124. The molecule has 10 nitrogen and oxygen atoms in total. The summed E-state index contributed by atoms with van der Waals surface area (Å²) in [5, 5.41) is 11.9. The lowest BCUT2D eigenvalue weighted by atomic mass is 10.1. The third kappa shape index (κ3) is 5.72. The second kappa shape index (κ2) is 11.7. The zero-order valence-corrected chi connectivity index (χ0v) is 20.4. The zero-order valence-electron chi connectivity index (χ0n) is 20.4. The van der Waals surface area contributed by atoms with Crippen LogP contribution in [0.3, 0.4) is 0 Å². The van der Waals surface area contributed by atoms with Crippen molar-refractivity contribution in [1.29, 1.82) is 0 Å². The molecular weight excluding hydrogens is 452 g/mol. The van der Waals surface area contributed by atoms with Gasteiger partial charge in [0.25, 0.3) is 17.2 Å². The van der Waals surface area contributed by atoms with Crippen LogP contribution >= 0.6 is 0 Å². The lowest BCUT2D eigenvalue weighted by Crippen LogP contribution is -2.39. The minimum atomic E-state index is -0.603. The Labute approximate surface area is 203 Å². The predicted octanol–water partition coefficient (Wildman–Crippen LogP) is 3.50. The highest BCUT2D eigenvalue weighted by molar-refractivity contribution is 5.95. The van der Waals surface area contributed by atoms with Crippen molar-refractivity contribution in [1.82, 2.24) is 14.5 Å². The van der Waals surface area contributed by atoms with Gasteiger partial charge >= 0.3 is 0 Å². The van der Waals surface area contributed by atoms with Gasteiger partial charge in [0.05, 0.1) is 35.0 Å². The molecule has 1 atom stereocenters. The predicted molar refractivity (Wildman–Crippen MR) is 132 cm³/mol. The van der Waals surface area contributed by atoms with E-state index in [0.717, 1.165) is 0 Å². The molecule has 0 fully saturated rings. The molecule has 3 aromatic rings. The molecule has 0 saturated carbocycles. The van der Waals surface area contributed by atoms with E-state index >= 15 is 0 Å². The Kier molecular flexibility index (Phi) is 8.67. The van der Waals surface area contributed by atoms with Crippen LogP contribution in [-0.2, 0) is 16.0 Å². The number of fused-ring (bicyclic) bond motifs is 1. The molecule has 3 rings (SSSR count). The minimum Gasteiger partial charge on any atom is -0.385 e. The number of nitrogens with zero attached hydrogens (tertiary/aromatic N) is 4. The van der Waals surface area contributed by atoms with Crippen molar-refractivity contribution >= 4 is 22.5 Å². The molecule has 0 N–H and O–H groups in total. The van der Waals surface area contributed by atoms with Crippen LogP contribution in [0.1, 0.15) is 41.1 Å². The molecule has 0 aliphatic rings. The van der Waals surface area contributed by atoms with Gasteiger partial charge in [0, 0.05) is 44.6 Å². The van der Waals surface area contributed by atoms with Crippen molar-refractivity contribution in [3.63, 3.8) is 0 Å². The maximum absolute atomic E-state index is 13.6. The number of aromatic nitrogens is 2. The van der Waals surface area contributed by atoms with Gasteiger partial charge in [-0.2, -0.15) is 0 Å². The van der Waals surface area contributed by atoms with Crippen molar-refractivity contribution in [2.75, 3.05) is 34.0 Å². The molecule has 2 aromatic carbocycles. The fraction of sp³-hybridized carbons (Fsp3) is 0.400. The molecule has 35 heavy (non-hydrogen) atoms. The molecule has 10 heteroatoms. The van der Waals surface area contributed by atoms with Crippen molar-refractivity contribution in [2.45, 2.75) is 32.9 Å². The van der Waals surface area contributed by atoms with Gasteiger partial charge in [0.15, 0.2) is 0 Å². The molecule has 1 aromatic heterocycles. The molecule has 0 aliphatic carbocycles. The maximum atomic E-state index is 13.6. The molecule has 1 unspecified atom stereocenters. The van der Waals surface area contributed by atoms with E-state index in [1.54, 1.807) is 69.4 Å². The van der Waals surface area contributed by atoms with E-state index in [1.165, 1.54) is 10.6 Å². The number of aryl methyl sites for hydroxylation is 1.